The fourth-order valence-electron chi connectivity index (χ4n) is 3.23. The van der Waals surface area contributed by atoms with Crippen LogP contribution in [0.3, 0.4) is 0 Å². The van der Waals surface area contributed by atoms with Crippen LogP contribution in [0.15, 0.2) is 18.2 Å². The summed E-state index contributed by atoms with van der Waals surface area (Å²) in [5.74, 6) is -0.581. The van der Waals surface area contributed by atoms with E-state index < -0.39 is 6.04 Å². The Morgan fingerprint density at radius 3 is 2.48 bits per heavy atom. The van der Waals surface area contributed by atoms with Gasteiger partial charge in [-0.2, -0.15) is 0 Å². The summed E-state index contributed by atoms with van der Waals surface area (Å²) in [6, 6.07) is 4.07. The first-order valence-corrected chi connectivity index (χ1v) is 10.4. The molecule has 1 aliphatic heterocycles. The van der Waals surface area contributed by atoms with Crippen molar-refractivity contribution in [1.29, 1.82) is 0 Å². The summed E-state index contributed by atoms with van der Waals surface area (Å²) in [4.78, 5) is 27.5. The Morgan fingerprint density at radius 2 is 1.85 bits per heavy atom. The summed E-state index contributed by atoms with van der Waals surface area (Å²) < 4.78 is 0. The van der Waals surface area contributed by atoms with Crippen molar-refractivity contribution in [2.24, 2.45) is 5.92 Å². The van der Waals surface area contributed by atoms with Crippen LogP contribution in [0, 0.1) is 5.92 Å². The molecule has 0 radical (unpaired) electrons. The first-order chi connectivity index (χ1) is 12.9. The molecule has 1 aromatic carbocycles. The largest absolute Gasteiger partial charge is 0.354 e. The van der Waals surface area contributed by atoms with E-state index in [1.807, 2.05) is 13.8 Å². The lowest BCUT2D eigenvalue weighted by molar-refractivity contribution is -0.123. The van der Waals surface area contributed by atoms with Crippen LogP contribution in [-0.4, -0.2) is 48.9 Å². The van der Waals surface area contributed by atoms with Crippen molar-refractivity contribution in [3.63, 3.8) is 0 Å². The topological polar surface area (TPSA) is 61.4 Å². The lowest BCUT2D eigenvalue weighted by Crippen LogP contribution is -2.50. The highest BCUT2D eigenvalue weighted by atomic mass is 35.5. The monoisotopic (exact) mass is 413 g/mol. The Balaban J connectivity index is 1.83. The number of rotatable bonds is 8. The van der Waals surface area contributed by atoms with Gasteiger partial charge in [-0.25, -0.2) is 0 Å². The summed E-state index contributed by atoms with van der Waals surface area (Å²) in [5, 5.41) is 6.47. The predicted octanol–water partition coefficient (Wildman–Crippen LogP) is 3.74. The molecule has 1 aromatic rings. The molecule has 27 heavy (non-hydrogen) atoms. The second-order valence-corrected chi connectivity index (χ2v) is 8.21. The molecule has 150 valence electrons. The molecular formula is C20H29Cl2N3O2. The van der Waals surface area contributed by atoms with Gasteiger partial charge in [-0.15, -0.1) is 0 Å². The zero-order valence-corrected chi connectivity index (χ0v) is 17.6. The number of carbonyl (C=O) groups is 2. The van der Waals surface area contributed by atoms with Crippen molar-refractivity contribution < 1.29 is 9.59 Å². The second kappa shape index (κ2) is 10.9. The molecule has 1 saturated heterocycles. The zero-order chi connectivity index (χ0) is 19.8. The van der Waals surface area contributed by atoms with Gasteiger partial charge in [-0.3, -0.25) is 9.59 Å². The third-order valence-electron chi connectivity index (χ3n) is 4.81. The molecule has 0 bridgehead atoms. The molecule has 0 aromatic heterocycles. The van der Waals surface area contributed by atoms with E-state index in [-0.39, 0.29) is 22.8 Å². The summed E-state index contributed by atoms with van der Waals surface area (Å²) >= 11 is 12.0. The van der Waals surface area contributed by atoms with Crippen LogP contribution < -0.4 is 10.6 Å². The number of carbonyl (C=O) groups excluding carboxylic acids is 2. The van der Waals surface area contributed by atoms with E-state index in [1.54, 1.807) is 12.1 Å². The van der Waals surface area contributed by atoms with Gasteiger partial charge < -0.3 is 15.5 Å². The smallest absolute Gasteiger partial charge is 0.253 e. The van der Waals surface area contributed by atoms with Crippen LogP contribution in [0.2, 0.25) is 10.0 Å². The molecule has 1 heterocycles. The third kappa shape index (κ3) is 6.98. The molecule has 1 fully saturated rings. The number of hydrogen-bond donors (Lipinski definition) is 2. The minimum Gasteiger partial charge on any atom is -0.354 e. The molecule has 7 heteroatoms. The van der Waals surface area contributed by atoms with Gasteiger partial charge in [0.25, 0.3) is 5.91 Å². The van der Waals surface area contributed by atoms with Gasteiger partial charge in [-0.1, -0.05) is 43.5 Å². The van der Waals surface area contributed by atoms with Crippen LogP contribution >= 0.6 is 23.2 Å². The number of amides is 2. The summed E-state index contributed by atoms with van der Waals surface area (Å²) in [5.41, 5.74) is 0.310. The van der Waals surface area contributed by atoms with Gasteiger partial charge in [0, 0.05) is 11.6 Å². The number of benzene rings is 1. The van der Waals surface area contributed by atoms with Crippen molar-refractivity contribution in [1.82, 2.24) is 15.5 Å². The molecule has 0 saturated carbocycles. The highest BCUT2D eigenvalue weighted by molar-refractivity contribution is 6.36. The molecule has 2 N–H and O–H groups in total. The number of hydrogen-bond acceptors (Lipinski definition) is 3. The average Bonchev–Trinajstić information content (AvgIpc) is 2.63. The minimum absolute atomic E-state index is 0.0397. The Hall–Kier alpha value is -1.30. The molecule has 5 nitrogen and oxygen atoms in total. The van der Waals surface area contributed by atoms with Crippen molar-refractivity contribution in [2.45, 2.75) is 45.6 Å². The number of piperidine rings is 1. The Morgan fingerprint density at radius 1 is 1.15 bits per heavy atom. The van der Waals surface area contributed by atoms with E-state index in [1.165, 1.54) is 25.3 Å². The highest BCUT2D eigenvalue weighted by Gasteiger charge is 2.25. The van der Waals surface area contributed by atoms with Gasteiger partial charge in [0.15, 0.2) is 0 Å². The first-order valence-electron chi connectivity index (χ1n) is 9.64. The first kappa shape index (κ1) is 22.0. The summed E-state index contributed by atoms with van der Waals surface area (Å²) in [7, 11) is 0. The standard InChI is InChI=1S/C20H29Cl2N3O2/c1-14(2)18(24-19(26)16-8-7-15(21)13-17(16)22)20(27)23-9-6-12-25-10-4-3-5-11-25/h7-8,13-14,18H,3-6,9-12H2,1-2H3,(H,23,27)(H,24,26)/t18-/m1/s1. The van der Waals surface area contributed by atoms with Gasteiger partial charge in [0.05, 0.1) is 10.6 Å². The van der Waals surface area contributed by atoms with Crippen LogP contribution in [0.1, 0.15) is 49.9 Å². The third-order valence-corrected chi connectivity index (χ3v) is 5.36. The zero-order valence-electron chi connectivity index (χ0n) is 16.1. The molecule has 1 aliphatic rings. The predicted molar refractivity (Wildman–Crippen MR) is 110 cm³/mol. The maximum atomic E-state index is 12.5. The Labute approximate surface area is 171 Å². The van der Waals surface area contributed by atoms with Crippen LogP contribution in [-0.2, 0) is 4.79 Å². The van der Waals surface area contributed by atoms with E-state index in [0.29, 0.717) is 17.1 Å². The van der Waals surface area contributed by atoms with Crippen molar-refractivity contribution in [3.8, 4) is 0 Å². The summed E-state index contributed by atoms with van der Waals surface area (Å²) in [6.45, 7) is 7.72. The van der Waals surface area contributed by atoms with Crippen molar-refractivity contribution >= 4 is 35.0 Å². The number of halogens is 2. The highest BCUT2D eigenvalue weighted by Crippen LogP contribution is 2.21. The molecular weight excluding hydrogens is 385 g/mol. The van der Waals surface area contributed by atoms with E-state index in [9.17, 15) is 9.59 Å². The fourth-order valence-corrected chi connectivity index (χ4v) is 3.73. The van der Waals surface area contributed by atoms with Crippen molar-refractivity contribution in [2.75, 3.05) is 26.2 Å². The molecule has 0 aliphatic carbocycles. The average molecular weight is 414 g/mol. The second-order valence-electron chi connectivity index (χ2n) is 7.37. The van der Waals surface area contributed by atoms with Crippen LogP contribution in [0.4, 0.5) is 0 Å². The van der Waals surface area contributed by atoms with Crippen molar-refractivity contribution in [3.05, 3.63) is 33.8 Å². The molecule has 0 spiro atoms. The molecule has 2 amide bonds. The SMILES string of the molecule is CC(C)[C@@H](NC(=O)c1ccc(Cl)cc1Cl)C(=O)NCCCN1CCCCC1. The minimum atomic E-state index is -0.612. The van der Waals surface area contributed by atoms with E-state index in [2.05, 4.69) is 15.5 Å². The van der Waals surface area contributed by atoms with Gasteiger partial charge >= 0.3 is 0 Å². The van der Waals surface area contributed by atoms with Gasteiger partial charge in [0.2, 0.25) is 5.91 Å². The van der Waals surface area contributed by atoms with Crippen LogP contribution in [0.25, 0.3) is 0 Å². The molecule has 0 unspecified atom stereocenters. The number of nitrogens with zero attached hydrogens (tertiary/aromatic N) is 1. The number of nitrogens with one attached hydrogen (secondary N) is 2. The van der Waals surface area contributed by atoms with Gasteiger partial charge in [0.1, 0.15) is 6.04 Å². The normalized spacial score (nSPS) is 16.2. The lowest BCUT2D eigenvalue weighted by Gasteiger charge is -2.26. The quantitative estimate of drug-likeness (QED) is 0.637. The summed E-state index contributed by atoms with van der Waals surface area (Å²) in [6.07, 6.45) is 4.76. The van der Waals surface area contributed by atoms with Gasteiger partial charge in [-0.05, 0) is 63.0 Å². The maximum Gasteiger partial charge on any atom is 0.253 e. The number of likely N-dealkylation sites (tertiary alicyclic amines) is 1. The molecule has 2 rings (SSSR count). The van der Waals surface area contributed by atoms with E-state index in [0.717, 1.165) is 26.1 Å². The van der Waals surface area contributed by atoms with E-state index >= 15 is 0 Å². The van der Waals surface area contributed by atoms with E-state index in [4.69, 9.17) is 23.2 Å². The fraction of sp³-hybridized carbons (Fsp3) is 0.600. The Bertz CT molecular complexity index is 646. The molecule has 1 atom stereocenters. The maximum absolute atomic E-state index is 12.5. The lowest BCUT2D eigenvalue weighted by atomic mass is 10.0. The Kier molecular flexibility index (Phi) is 8.87. The van der Waals surface area contributed by atoms with Crippen LogP contribution in [0.5, 0.6) is 0 Å².